The zero-order chi connectivity index (χ0) is 15.7. The molecule has 0 N–H and O–H groups in total. The van der Waals surface area contributed by atoms with Crippen LogP contribution in [-0.2, 0) is 20.1 Å². The van der Waals surface area contributed by atoms with E-state index in [1.165, 1.54) is 10.6 Å². The standard InChI is InChI=1S/C12H18N2O5S2/c1-20(15,16)14-9-7-13(8-10-14)11-3-5-12(6-4-11)19-21(2,17)18/h3-6H,7-10H2,1-2H3. The first kappa shape index (κ1) is 16.1. The summed E-state index contributed by atoms with van der Waals surface area (Å²) in [7, 11) is -6.66. The molecule has 1 aromatic rings. The molecule has 21 heavy (non-hydrogen) atoms. The largest absolute Gasteiger partial charge is 0.383 e. The van der Waals surface area contributed by atoms with Gasteiger partial charge in [-0.1, -0.05) is 0 Å². The summed E-state index contributed by atoms with van der Waals surface area (Å²) in [6.07, 6.45) is 2.20. The summed E-state index contributed by atoms with van der Waals surface area (Å²) in [4.78, 5) is 2.05. The van der Waals surface area contributed by atoms with E-state index in [9.17, 15) is 16.8 Å². The molecule has 7 nitrogen and oxygen atoms in total. The van der Waals surface area contributed by atoms with Gasteiger partial charge in [0.05, 0.1) is 12.5 Å². The minimum absolute atomic E-state index is 0.260. The Hall–Kier alpha value is -1.32. The van der Waals surface area contributed by atoms with Crippen LogP contribution in [0.2, 0.25) is 0 Å². The van der Waals surface area contributed by atoms with E-state index in [1.54, 1.807) is 24.3 Å². The van der Waals surface area contributed by atoms with Gasteiger partial charge in [-0.2, -0.15) is 12.7 Å². The van der Waals surface area contributed by atoms with E-state index in [-0.39, 0.29) is 5.75 Å². The minimum atomic E-state index is -3.53. The summed E-state index contributed by atoms with van der Waals surface area (Å²) in [6, 6.07) is 6.69. The van der Waals surface area contributed by atoms with E-state index < -0.39 is 20.1 Å². The lowest BCUT2D eigenvalue weighted by atomic mass is 10.2. The van der Waals surface area contributed by atoms with E-state index in [4.69, 9.17) is 4.18 Å². The van der Waals surface area contributed by atoms with Gasteiger partial charge in [-0.3, -0.25) is 0 Å². The highest BCUT2D eigenvalue weighted by Crippen LogP contribution is 2.22. The van der Waals surface area contributed by atoms with Gasteiger partial charge in [0.2, 0.25) is 10.0 Å². The van der Waals surface area contributed by atoms with Crippen LogP contribution in [0, 0.1) is 0 Å². The molecule has 118 valence electrons. The lowest BCUT2D eigenvalue weighted by Crippen LogP contribution is -2.48. The average molecular weight is 334 g/mol. The number of hydrogen-bond acceptors (Lipinski definition) is 6. The predicted molar refractivity (Wildman–Crippen MR) is 80.5 cm³/mol. The fourth-order valence-corrected chi connectivity index (χ4v) is 3.45. The molecule has 1 aromatic carbocycles. The molecule has 0 radical (unpaired) electrons. The normalized spacial score (nSPS) is 17.7. The molecular weight excluding hydrogens is 316 g/mol. The van der Waals surface area contributed by atoms with Crippen LogP contribution in [0.4, 0.5) is 5.69 Å². The minimum Gasteiger partial charge on any atom is -0.383 e. The number of nitrogens with zero attached hydrogens (tertiary/aromatic N) is 2. The van der Waals surface area contributed by atoms with Crippen LogP contribution in [0.5, 0.6) is 5.75 Å². The number of sulfonamides is 1. The van der Waals surface area contributed by atoms with E-state index in [0.717, 1.165) is 11.9 Å². The maximum absolute atomic E-state index is 11.4. The van der Waals surface area contributed by atoms with Gasteiger partial charge in [0, 0.05) is 31.9 Å². The highest BCUT2D eigenvalue weighted by atomic mass is 32.2. The lowest BCUT2D eigenvalue weighted by molar-refractivity contribution is 0.388. The Morgan fingerprint density at radius 1 is 0.905 bits per heavy atom. The van der Waals surface area contributed by atoms with Crippen molar-refractivity contribution in [2.45, 2.75) is 0 Å². The first-order valence-corrected chi connectivity index (χ1v) is 10.0. The number of anilines is 1. The molecule has 0 aliphatic carbocycles. The van der Waals surface area contributed by atoms with Crippen molar-refractivity contribution in [3.05, 3.63) is 24.3 Å². The van der Waals surface area contributed by atoms with Gasteiger partial charge in [-0.25, -0.2) is 8.42 Å². The van der Waals surface area contributed by atoms with Gasteiger partial charge in [0.1, 0.15) is 5.75 Å². The first-order valence-electron chi connectivity index (χ1n) is 6.35. The van der Waals surface area contributed by atoms with Gasteiger partial charge >= 0.3 is 10.1 Å². The van der Waals surface area contributed by atoms with Crippen molar-refractivity contribution < 1.29 is 21.0 Å². The van der Waals surface area contributed by atoms with Crippen molar-refractivity contribution in [3.8, 4) is 5.75 Å². The van der Waals surface area contributed by atoms with Crippen molar-refractivity contribution in [1.29, 1.82) is 0 Å². The Labute approximate surface area is 125 Å². The number of piperazine rings is 1. The molecule has 1 saturated heterocycles. The van der Waals surface area contributed by atoms with Gasteiger partial charge in [0.15, 0.2) is 0 Å². The Morgan fingerprint density at radius 3 is 1.86 bits per heavy atom. The maximum Gasteiger partial charge on any atom is 0.306 e. The van der Waals surface area contributed by atoms with E-state index in [0.29, 0.717) is 26.2 Å². The van der Waals surface area contributed by atoms with Crippen LogP contribution < -0.4 is 9.08 Å². The first-order chi connectivity index (χ1) is 9.65. The monoisotopic (exact) mass is 334 g/mol. The molecule has 1 aliphatic heterocycles. The summed E-state index contributed by atoms with van der Waals surface area (Å²) in [5, 5.41) is 0. The predicted octanol–water partition coefficient (Wildman–Crippen LogP) is 0.107. The Morgan fingerprint density at radius 2 is 1.43 bits per heavy atom. The second-order valence-electron chi connectivity index (χ2n) is 4.93. The highest BCUT2D eigenvalue weighted by Gasteiger charge is 2.23. The lowest BCUT2D eigenvalue weighted by Gasteiger charge is -2.34. The van der Waals surface area contributed by atoms with E-state index in [2.05, 4.69) is 0 Å². The number of hydrogen-bond donors (Lipinski definition) is 0. The number of benzene rings is 1. The van der Waals surface area contributed by atoms with Crippen LogP contribution in [0.3, 0.4) is 0 Å². The molecule has 9 heteroatoms. The van der Waals surface area contributed by atoms with Crippen molar-refractivity contribution in [1.82, 2.24) is 4.31 Å². The fourth-order valence-electron chi connectivity index (χ4n) is 2.17. The van der Waals surface area contributed by atoms with Crippen molar-refractivity contribution in [2.75, 3.05) is 43.6 Å². The third kappa shape index (κ3) is 4.58. The van der Waals surface area contributed by atoms with Crippen LogP contribution in [0.25, 0.3) is 0 Å². The molecule has 1 heterocycles. The summed E-state index contributed by atoms with van der Waals surface area (Å²) in [5.41, 5.74) is 0.906. The molecule has 2 rings (SSSR count). The number of rotatable bonds is 4. The Balaban J connectivity index is 2.01. The SMILES string of the molecule is CS(=O)(=O)Oc1ccc(N2CCN(S(C)(=O)=O)CC2)cc1. The van der Waals surface area contributed by atoms with Gasteiger partial charge < -0.3 is 9.08 Å². The molecule has 0 spiro atoms. The van der Waals surface area contributed by atoms with Crippen LogP contribution in [0.15, 0.2) is 24.3 Å². The molecule has 0 unspecified atom stereocenters. The summed E-state index contributed by atoms with van der Waals surface area (Å²) in [5.74, 6) is 0.260. The van der Waals surface area contributed by atoms with Crippen LogP contribution in [0.1, 0.15) is 0 Å². The topological polar surface area (TPSA) is 84.0 Å². The van der Waals surface area contributed by atoms with Crippen LogP contribution >= 0.6 is 0 Å². The second kappa shape index (κ2) is 5.82. The zero-order valence-electron chi connectivity index (χ0n) is 11.9. The molecule has 1 fully saturated rings. The molecule has 0 atom stereocenters. The highest BCUT2D eigenvalue weighted by molar-refractivity contribution is 7.88. The second-order valence-corrected chi connectivity index (χ2v) is 8.49. The average Bonchev–Trinajstić information content (AvgIpc) is 2.37. The van der Waals surface area contributed by atoms with Gasteiger partial charge in [0.25, 0.3) is 0 Å². The third-order valence-electron chi connectivity index (χ3n) is 3.16. The van der Waals surface area contributed by atoms with Crippen molar-refractivity contribution in [2.24, 2.45) is 0 Å². The van der Waals surface area contributed by atoms with Crippen LogP contribution in [-0.4, -0.2) is 59.8 Å². The Kier molecular flexibility index (Phi) is 4.45. The Bertz CT molecular complexity index is 690. The maximum atomic E-state index is 11.4. The smallest absolute Gasteiger partial charge is 0.306 e. The summed E-state index contributed by atoms with van der Waals surface area (Å²) < 4.78 is 51.1. The summed E-state index contributed by atoms with van der Waals surface area (Å²) in [6.45, 7) is 2.08. The quantitative estimate of drug-likeness (QED) is 0.727. The summed E-state index contributed by atoms with van der Waals surface area (Å²) >= 11 is 0. The van der Waals surface area contributed by atoms with Gasteiger partial charge in [-0.15, -0.1) is 0 Å². The fraction of sp³-hybridized carbons (Fsp3) is 0.500. The van der Waals surface area contributed by atoms with E-state index in [1.807, 2.05) is 4.90 Å². The molecule has 0 aromatic heterocycles. The molecule has 0 saturated carbocycles. The van der Waals surface area contributed by atoms with Crippen molar-refractivity contribution >= 4 is 25.8 Å². The molecular formula is C12H18N2O5S2. The molecule has 0 amide bonds. The molecule has 0 bridgehead atoms. The van der Waals surface area contributed by atoms with Gasteiger partial charge in [-0.05, 0) is 24.3 Å². The third-order valence-corrected chi connectivity index (χ3v) is 4.96. The molecule has 1 aliphatic rings. The zero-order valence-corrected chi connectivity index (χ0v) is 13.5. The van der Waals surface area contributed by atoms with E-state index >= 15 is 0 Å². The van der Waals surface area contributed by atoms with Crippen molar-refractivity contribution in [3.63, 3.8) is 0 Å².